The number of anilines is 1. The molecule has 1 heterocycles. The van der Waals surface area contributed by atoms with Crippen molar-refractivity contribution >= 4 is 21.7 Å². The Morgan fingerprint density at radius 3 is 2.73 bits per heavy atom. The Labute approximate surface area is 98.6 Å². The van der Waals surface area contributed by atoms with Gasteiger partial charge in [0.05, 0.1) is 10.2 Å². The zero-order valence-electron chi connectivity index (χ0n) is 8.96. The number of halogens is 1. The molecule has 2 N–H and O–H groups in total. The third kappa shape index (κ3) is 2.48. The highest BCUT2D eigenvalue weighted by molar-refractivity contribution is 9.10. The lowest BCUT2D eigenvalue weighted by atomic mass is 10.2. The molecular weight excluding hydrogens is 254 g/mol. The maximum atomic E-state index is 5.86. The van der Waals surface area contributed by atoms with E-state index >= 15 is 0 Å². The molecule has 1 aromatic heterocycles. The molecule has 0 aliphatic heterocycles. The summed E-state index contributed by atoms with van der Waals surface area (Å²) >= 11 is 3.47. The summed E-state index contributed by atoms with van der Waals surface area (Å²) in [7, 11) is 0. The molecule has 82 valence electrons. The summed E-state index contributed by atoms with van der Waals surface area (Å²) in [4.78, 5) is 8.90. The van der Waals surface area contributed by atoms with Crippen molar-refractivity contribution in [3.8, 4) is 0 Å². The van der Waals surface area contributed by atoms with Gasteiger partial charge >= 0.3 is 0 Å². The zero-order valence-corrected chi connectivity index (χ0v) is 10.5. The van der Waals surface area contributed by atoms with Crippen molar-refractivity contribution in [1.82, 2.24) is 9.97 Å². The summed E-state index contributed by atoms with van der Waals surface area (Å²) in [5, 5.41) is 0. The Hall–Kier alpha value is -0.640. The second-order valence-corrected chi connectivity index (χ2v) is 4.90. The molecule has 0 bridgehead atoms. The van der Waals surface area contributed by atoms with Crippen LogP contribution in [0.4, 0.5) is 5.82 Å². The van der Waals surface area contributed by atoms with Crippen molar-refractivity contribution in [3.05, 3.63) is 16.0 Å². The fourth-order valence-corrected chi connectivity index (χ4v) is 2.11. The van der Waals surface area contributed by atoms with Gasteiger partial charge in [0.15, 0.2) is 0 Å². The second-order valence-electron chi connectivity index (χ2n) is 4.10. The molecule has 1 aliphatic rings. The van der Waals surface area contributed by atoms with Gasteiger partial charge in [-0.3, -0.25) is 0 Å². The van der Waals surface area contributed by atoms with Crippen molar-refractivity contribution in [3.63, 3.8) is 0 Å². The van der Waals surface area contributed by atoms with Gasteiger partial charge in [-0.25, -0.2) is 9.97 Å². The third-order valence-electron chi connectivity index (χ3n) is 2.67. The normalized spacial score (nSPS) is 15.6. The number of hydrogen-bond acceptors (Lipinski definition) is 3. The average Bonchev–Trinajstić information content (AvgIpc) is 3.03. The van der Waals surface area contributed by atoms with Crippen molar-refractivity contribution in [2.75, 3.05) is 5.73 Å². The smallest absolute Gasteiger partial charge is 0.141 e. The van der Waals surface area contributed by atoms with Crippen LogP contribution in [-0.4, -0.2) is 9.97 Å². The summed E-state index contributed by atoms with van der Waals surface area (Å²) in [6.45, 7) is 2.17. The molecular formula is C11H16BrN3. The molecule has 0 spiro atoms. The summed E-state index contributed by atoms with van der Waals surface area (Å²) < 4.78 is 0.908. The average molecular weight is 270 g/mol. The molecule has 1 aromatic rings. The summed E-state index contributed by atoms with van der Waals surface area (Å²) in [5.74, 6) is 2.11. The summed E-state index contributed by atoms with van der Waals surface area (Å²) in [5.41, 5.74) is 6.98. The Morgan fingerprint density at radius 2 is 2.13 bits per heavy atom. The first-order chi connectivity index (χ1) is 7.22. The van der Waals surface area contributed by atoms with Crippen molar-refractivity contribution < 1.29 is 0 Å². The number of nitrogens with zero attached hydrogens (tertiary/aromatic N) is 2. The fraction of sp³-hybridized carbons (Fsp3) is 0.636. The topological polar surface area (TPSA) is 51.8 Å². The van der Waals surface area contributed by atoms with Crippen LogP contribution in [0.15, 0.2) is 4.47 Å². The lowest BCUT2D eigenvalue weighted by Gasteiger charge is -2.07. The molecule has 0 saturated heterocycles. The predicted molar refractivity (Wildman–Crippen MR) is 64.7 cm³/mol. The molecule has 4 heteroatoms. The minimum absolute atomic E-state index is 0.595. The lowest BCUT2D eigenvalue weighted by molar-refractivity contribution is 0.743. The first-order valence-electron chi connectivity index (χ1n) is 5.54. The Bertz CT molecular complexity index is 361. The molecule has 1 fully saturated rings. The van der Waals surface area contributed by atoms with Crippen LogP contribution in [0.3, 0.4) is 0 Å². The second kappa shape index (κ2) is 4.47. The van der Waals surface area contributed by atoms with Gasteiger partial charge < -0.3 is 5.73 Å². The van der Waals surface area contributed by atoms with Gasteiger partial charge in [0.2, 0.25) is 0 Å². The van der Waals surface area contributed by atoms with E-state index in [9.17, 15) is 0 Å². The van der Waals surface area contributed by atoms with Crippen molar-refractivity contribution in [1.29, 1.82) is 0 Å². The molecule has 1 saturated carbocycles. The van der Waals surface area contributed by atoms with E-state index in [4.69, 9.17) is 5.73 Å². The van der Waals surface area contributed by atoms with Gasteiger partial charge in [-0.05, 0) is 35.2 Å². The quantitative estimate of drug-likeness (QED) is 0.914. The van der Waals surface area contributed by atoms with Crippen LogP contribution in [0.1, 0.15) is 50.0 Å². The van der Waals surface area contributed by atoms with Gasteiger partial charge in [-0.15, -0.1) is 0 Å². The minimum Gasteiger partial charge on any atom is -0.383 e. The first-order valence-corrected chi connectivity index (χ1v) is 6.33. The predicted octanol–water partition coefficient (Wildman–Crippen LogP) is 3.04. The number of unbranched alkanes of at least 4 members (excludes halogenated alkanes) is 1. The van der Waals surface area contributed by atoms with E-state index in [1.807, 2.05) is 0 Å². The molecule has 1 aliphatic carbocycles. The van der Waals surface area contributed by atoms with Crippen LogP contribution >= 0.6 is 15.9 Å². The number of nitrogen functional groups attached to an aromatic ring is 1. The highest BCUT2D eigenvalue weighted by Crippen LogP contribution is 2.43. The Kier molecular flexibility index (Phi) is 3.24. The number of nitrogens with two attached hydrogens (primary N) is 1. The van der Waals surface area contributed by atoms with Crippen LogP contribution in [0.2, 0.25) is 0 Å². The van der Waals surface area contributed by atoms with Gasteiger partial charge in [0.25, 0.3) is 0 Å². The Balaban J connectivity index is 2.24. The van der Waals surface area contributed by atoms with Crippen LogP contribution in [0.5, 0.6) is 0 Å². The monoisotopic (exact) mass is 269 g/mol. The fourth-order valence-electron chi connectivity index (χ4n) is 1.61. The van der Waals surface area contributed by atoms with E-state index in [0.29, 0.717) is 11.7 Å². The largest absolute Gasteiger partial charge is 0.383 e. The molecule has 0 amide bonds. The molecule has 2 rings (SSSR count). The van der Waals surface area contributed by atoms with E-state index in [0.717, 1.165) is 35.3 Å². The summed E-state index contributed by atoms with van der Waals surface area (Å²) in [6.07, 6.45) is 5.71. The van der Waals surface area contributed by atoms with E-state index in [-0.39, 0.29) is 0 Å². The standard InChI is InChI=1S/C11H16BrN3/c1-2-3-4-8-14-10(7-5-6-7)9(12)11(13)15-8/h7H,2-6H2,1H3,(H2,13,14,15). The summed E-state index contributed by atoms with van der Waals surface area (Å²) in [6, 6.07) is 0. The highest BCUT2D eigenvalue weighted by atomic mass is 79.9. The minimum atomic E-state index is 0.595. The van der Waals surface area contributed by atoms with Gasteiger partial charge in [0, 0.05) is 12.3 Å². The highest BCUT2D eigenvalue weighted by Gasteiger charge is 2.28. The van der Waals surface area contributed by atoms with Crippen molar-refractivity contribution in [2.45, 2.75) is 44.9 Å². The Morgan fingerprint density at radius 1 is 1.40 bits per heavy atom. The van der Waals surface area contributed by atoms with E-state index < -0.39 is 0 Å². The van der Waals surface area contributed by atoms with E-state index in [2.05, 4.69) is 32.8 Å². The molecule has 0 unspecified atom stereocenters. The van der Waals surface area contributed by atoms with Crippen molar-refractivity contribution in [2.24, 2.45) is 0 Å². The molecule has 0 atom stereocenters. The number of rotatable bonds is 4. The van der Waals surface area contributed by atoms with Gasteiger partial charge in [-0.2, -0.15) is 0 Å². The molecule has 0 radical (unpaired) electrons. The number of hydrogen-bond donors (Lipinski definition) is 1. The molecule has 0 aromatic carbocycles. The molecule has 3 nitrogen and oxygen atoms in total. The first kappa shape index (κ1) is 10.9. The lowest BCUT2D eigenvalue weighted by Crippen LogP contribution is -2.04. The van der Waals surface area contributed by atoms with Gasteiger partial charge in [-0.1, -0.05) is 13.3 Å². The maximum Gasteiger partial charge on any atom is 0.141 e. The third-order valence-corrected chi connectivity index (χ3v) is 3.48. The molecule has 15 heavy (non-hydrogen) atoms. The van der Waals surface area contributed by atoms with Crippen LogP contribution in [-0.2, 0) is 6.42 Å². The maximum absolute atomic E-state index is 5.86. The van der Waals surface area contributed by atoms with Crippen LogP contribution in [0.25, 0.3) is 0 Å². The van der Waals surface area contributed by atoms with E-state index in [1.54, 1.807) is 0 Å². The number of aromatic nitrogens is 2. The van der Waals surface area contributed by atoms with E-state index in [1.165, 1.54) is 12.8 Å². The zero-order chi connectivity index (χ0) is 10.8. The van der Waals surface area contributed by atoms with Gasteiger partial charge in [0.1, 0.15) is 11.6 Å². The number of aryl methyl sites for hydroxylation is 1. The van der Waals surface area contributed by atoms with Crippen LogP contribution < -0.4 is 5.73 Å². The SMILES string of the molecule is CCCCc1nc(N)c(Br)c(C2CC2)n1. The van der Waals surface area contributed by atoms with Crippen LogP contribution in [0, 0.1) is 0 Å².